The summed E-state index contributed by atoms with van der Waals surface area (Å²) in [6.45, 7) is 3.95. The van der Waals surface area contributed by atoms with Crippen molar-refractivity contribution in [3.05, 3.63) is 58.7 Å². The average molecular weight is 270 g/mol. The molecule has 0 aliphatic heterocycles. The molecule has 0 atom stereocenters. The largest absolute Gasteiger partial charge is 0.497 e. The number of carbonyl (C=O) groups excluding carboxylic acids is 1. The van der Waals surface area contributed by atoms with Gasteiger partial charge >= 0.3 is 0 Å². The Hall–Kier alpha value is -2.29. The molecule has 3 heteroatoms. The molecule has 3 nitrogen and oxygen atoms in total. The van der Waals surface area contributed by atoms with Gasteiger partial charge in [0.2, 0.25) is 0 Å². The van der Waals surface area contributed by atoms with Crippen molar-refractivity contribution >= 4 is 5.78 Å². The highest BCUT2D eigenvalue weighted by molar-refractivity contribution is 6.11. The van der Waals surface area contributed by atoms with Crippen molar-refractivity contribution < 1.29 is 14.3 Å². The molecule has 0 aliphatic rings. The Morgan fingerprint density at radius 1 is 0.950 bits per heavy atom. The molecule has 2 aromatic rings. The lowest BCUT2D eigenvalue weighted by Crippen LogP contribution is -2.07. The van der Waals surface area contributed by atoms with E-state index >= 15 is 0 Å². The second-order valence-corrected chi connectivity index (χ2v) is 4.64. The quantitative estimate of drug-likeness (QED) is 0.797. The summed E-state index contributed by atoms with van der Waals surface area (Å²) < 4.78 is 10.5. The minimum absolute atomic E-state index is 0.0537. The highest BCUT2D eigenvalue weighted by Gasteiger charge is 2.17. The first-order valence-electron chi connectivity index (χ1n) is 6.41. The second-order valence-electron chi connectivity index (χ2n) is 4.64. The van der Waals surface area contributed by atoms with Crippen molar-refractivity contribution in [3.8, 4) is 11.5 Å². The van der Waals surface area contributed by atoms with Gasteiger partial charge in [0, 0.05) is 5.56 Å². The van der Waals surface area contributed by atoms with Crippen molar-refractivity contribution in [1.29, 1.82) is 0 Å². The van der Waals surface area contributed by atoms with E-state index in [-0.39, 0.29) is 5.78 Å². The molecule has 0 saturated carbocycles. The Morgan fingerprint density at radius 2 is 1.70 bits per heavy atom. The summed E-state index contributed by atoms with van der Waals surface area (Å²) in [7, 11) is 3.13. The fraction of sp³-hybridized carbons (Fsp3) is 0.235. The number of ether oxygens (including phenoxy) is 2. The zero-order valence-electron chi connectivity index (χ0n) is 12.2. The van der Waals surface area contributed by atoms with Crippen LogP contribution in [0.3, 0.4) is 0 Å². The smallest absolute Gasteiger partial charge is 0.197 e. The molecule has 0 radical (unpaired) electrons. The van der Waals surface area contributed by atoms with Gasteiger partial charge in [-0.2, -0.15) is 0 Å². The van der Waals surface area contributed by atoms with Gasteiger partial charge in [-0.05, 0) is 43.2 Å². The van der Waals surface area contributed by atoms with Gasteiger partial charge in [0.05, 0.1) is 19.8 Å². The molecule has 0 N–H and O–H groups in total. The van der Waals surface area contributed by atoms with Gasteiger partial charge < -0.3 is 9.47 Å². The van der Waals surface area contributed by atoms with Crippen LogP contribution in [0.5, 0.6) is 11.5 Å². The molecule has 0 spiro atoms. The van der Waals surface area contributed by atoms with Crippen molar-refractivity contribution in [1.82, 2.24) is 0 Å². The minimum atomic E-state index is -0.0537. The standard InChI is InChI=1S/C17H18O3/c1-11-6-5-7-14(12(11)2)17(18)15-10-13(19-3)8-9-16(15)20-4/h5-10H,1-4H3. The van der Waals surface area contributed by atoms with E-state index in [0.717, 1.165) is 11.1 Å². The van der Waals surface area contributed by atoms with Gasteiger partial charge in [0.15, 0.2) is 5.78 Å². The fourth-order valence-corrected chi connectivity index (χ4v) is 2.13. The Balaban J connectivity index is 2.55. The number of methoxy groups -OCH3 is 2. The van der Waals surface area contributed by atoms with E-state index in [2.05, 4.69) is 0 Å². The highest BCUT2D eigenvalue weighted by Crippen LogP contribution is 2.27. The van der Waals surface area contributed by atoms with Crippen molar-refractivity contribution in [2.75, 3.05) is 14.2 Å². The third-order valence-corrected chi connectivity index (χ3v) is 3.50. The number of ketones is 1. The minimum Gasteiger partial charge on any atom is -0.497 e. The van der Waals surface area contributed by atoms with E-state index < -0.39 is 0 Å². The Morgan fingerprint density at radius 3 is 2.35 bits per heavy atom. The van der Waals surface area contributed by atoms with Crippen molar-refractivity contribution in [2.24, 2.45) is 0 Å². The predicted octanol–water partition coefficient (Wildman–Crippen LogP) is 3.55. The summed E-state index contributed by atoms with van der Waals surface area (Å²) in [5.74, 6) is 1.14. The molecule has 20 heavy (non-hydrogen) atoms. The van der Waals surface area contributed by atoms with Gasteiger partial charge in [-0.3, -0.25) is 4.79 Å². The van der Waals surface area contributed by atoms with E-state index in [4.69, 9.17) is 9.47 Å². The van der Waals surface area contributed by atoms with Crippen LogP contribution in [0.2, 0.25) is 0 Å². The summed E-state index contributed by atoms with van der Waals surface area (Å²) in [6, 6.07) is 11.0. The lowest BCUT2D eigenvalue weighted by atomic mass is 9.95. The van der Waals surface area contributed by atoms with E-state index in [1.54, 1.807) is 32.4 Å². The summed E-state index contributed by atoms with van der Waals surface area (Å²) in [6.07, 6.45) is 0. The first-order chi connectivity index (χ1) is 9.58. The van der Waals surface area contributed by atoms with Crippen LogP contribution in [-0.4, -0.2) is 20.0 Å². The van der Waals surface area contributed by atoms with E-state index in [9.17, 15) is 4.79 Å². The molecule has 0 saturated heterocycles. The topological polar surface area (TPSA) is 35.5 Å². The summed E-state index contributed by atoms with van der Waals surface area (Å²) >= 11 is 0. The number of hydrogen-bond donors (Lipinski definition) is 0. The molecular weight excluding hydrogens is 252 g/mol. The molecule has 0 unspecified atom stereocenters. The molecule has 0 aromatic heterocycles. The van der Waals surface area contributed by atoms with Crippen molar-refractivity contribution in [2.45, 2.75) is 13.8 Å². The molecule has 0 aliphatic carbocycles. The van der Waals surface area contributed by atoms with Crippen LogP contribution >= 0.6 is 0 Å². The van der Waals surface area contributed by atoms with E-state index in [1.807, 2.05) is 32.0 Å². The molecule has 0 bridgehead atoms. The third-order valence-electron chi connectivity index (χ3n) is 3.50. The molecule has 104 valence electrons. The zero-order valence-corrected chi connectivity index (χ0v) is 12.2. The maximum Gasteiger partial charge on any atom is 0.197 e. The Labute approximate surface area is 119 Å². The summed E-state index contributed by atoms with van der Waals surface area (Å²) in [4.78, 5) is 12.7. The molecule has 2 rings (SSSR count). The normalized spacial score (nSPS) is 10.2. The molecule has 0 heterocycles. The average Bonchev–Trinajstić information content (AvgIpc) is 2.48. The summed E-state index contributed by atoms with van der Waals surface area (Å²) in [5, 5.41) is 0. The van der Waals surface area contributed by atoms with Crippen LogP contribution in [0.15, 0.2) is 36.4 Å². The van der Waals surface area contributed by atoms with Gasteiger partial charge in [-0.15, -0.1) is 0 Å². The van der Waals surface area contributed by atoms with Crippen LogP contribution in [-0.2, 0) is 0 Å². The molecular formula is C17H18O3. The third kappa shape index (κ3) is 2.52. The SMILES string of the molecule is COc1ccc(OC)c(C(=O)c2cccc(C)c2C)c1. The maximum atomic E-state index is 12.7. The zero-order chi connectivity index (χ0) is 14.7. The number of benzene rings is 2. The van der Waals surface area contributed by atoms with E-state index in [1.165, 1.54) is 0 Å². The van der Waals surface area contributed by atoms with Crippen LogP contribution in [0, 0.1) is 13.8 Å². The number of aryl methyl sites for hydroxylation is 1. The van der Waals surface area contributed by atoms with Gasteiger partial charge in [-0.1, -0.05) is 18.2 Å². The van der Waals surface area contributed by atoms with Crippen LogP contribution in [0.25, 0.3) is 0 Å². The second kappa shape index (κ2) is 5.78. The van der Waals surface area contributed by atoms with Gasteiger partial charge in [0.1, 0.15) is 11.5 Å². The maximum absolute atomic E-state index is 12.7. The van der Waals surface area contributed by atoms with Crippen LogP contribution < -0.4 is 9.47 Å². The van der Waals surface area contributed by atoms with Crippen LogP contribution in [0.1, 0.15) is 27.0 Å². The van der Waals surface area contributed by atoms with E-state index in [0.29, 0.717) is 22.6 Å². The first-order valence-corrected chi connectivity index (χ1v) is 6.41. The van der Waals surface area contributed by atoms with Crippen molar-refractivity contribution in [3.63, 3.8) is 0 Å². The lowest BCUT2D eigenvalue weighted by molar-refractivity contribution is 0.103. The first kappa shape index (κ1) is 14.1. The molecule has 2 aromatic carbocycles. The Kier molecular flexibility index (Phi) is 4.08. The van der Waals surface area contributed by atoms with Gasteiger partial charge in [0.25, 0.3) is 0 Å². The monoisotopic (exact) mass is 270 g/mol. The fourth-order valence-electron chi connectivity index (χ4n) is 2.13. The number of carbonyl (C=O) groups is 1. The van der Waals surface area contributed by atoms with Gasteiger partial charge in [-0.25, -0.2) is 0 Å². The Bertz CT molecular complexity index is 645. The predicted molar refractivity (Wildman–Crippen MR) is 78.9 cm³/mol. The number of rotatable bonds is 4. The highest BCUT2D eigenvalue weighted by atomic mass is 16.5. The molecule has 0 amide bonds. The molecule has 0 fully saturated rings. The van der Waals surface area contributed by atoms with Crippen LogP contribution in [0.4, 0.5) is 0 Å². The number of hydrogen-bond acceptors (Lipinski definition) is 3. The summed E-state index contributed by atoms with van der Waals surface area (Å²) in [5.41, 5.74) is 3.29. The lowest BCUT2D eigenvalue weighted by Gasteiger charge is -2.12.